The summed E-state index contributed by atoms with van der Waals surface area (Å²) in [6.07, 6.45) is 11.6. The first-order chi connectivity index (χ1) is 20.8. The van der Waals surface area contributed by atoms with E-state index in [1.807, 2.05) is 24.4 Å². The van der Waals surface area contributed by atoms with Crippen molar-refractivity contribution in [3.8, 4) is 22.3 Å². The first kappa shape index (κ1) is 24.4. The van der Waals surface area contributed by atoms with E-state index in [1.165, 1.54) is 22.3 Å². The number of rotatable bonds is 5. The number of allylic oxidation sites excluding steroid dienone is 2. The minimum atomic E-state index is 0.130. The zero-order valence-corrected chi connectivity index (χ0v) is 23.0. The molecule has 0 N–H and O–H groups in total. The van der Waals surface area contributed by atoms with Gasteiger partial charge in [-0.2, -0.15) is 0 Å². The monoisotopic (exact) mass is 540 g/mol. The number of hydrogen-bond donors (Lipinski definition) is 0. The maximum atomic E-state index is 6.45. The van der Waals surface area contributed by atoms with Crippen molar-refractivity contribution in [1.82, 2.24) is 4.98 Å². The van der Waals surface area contributed by atoms with Gasteiger partial charge >= 0.3 is 0 Å². The van der Waals surface area contributed by atoms with E-state index < -0.39 is 0 Å². The molecule has 0 fully saturated rings. The van der Waals surface area contributed by atoms with Gasteiger partial charge in [-0.15, -0.1) is 0 Å². The van der Waals surface area contributed by atoms with Gasteiger partial charge in [0.1, 0.15) is 11.2 Å². The van der Waals surface area contributed by atoms with Crippen LogP contribution in [0, 0.1) is 0 Å². The zero-order valence-electron chi connectivity index (χ0n) is 23.0. The fraction of sp³-hybridized carbons (Fsp3) is 0.0513. The molecule has 0 bridgehead atoms. The van der Waals surface area contributed by atoms with Crippen LogP contribution in [0.4, 0.5) is 11.4 Å². The number of aromatic nitrogens is 1. The second-order valence-electron chi connectivity index (χ2n) is 10.7. The molecule has 42 heavy (non-hydrogen) atoms. The van der Waals surface area contributed by atoms with Gasteiger partial charge in [-0.05, 0) is 47.4 Å². The summed E-state index contributed by atoms with van der Waals surface area (Å²) >= 11 is 0. The van der Waals surface area contributed by atoms with Crippen molar-refractivity contribution in [2.75, 3.05) is 4.90 Å². The van der Waals surface area contributed by atoms with Crippen LogP contribution in [0.1, 0.15) is 6.42 Å². The zero-order chi connectivity index (χ0) is 27.9. The molecular weight excluding hydrogens is 512 g/mol. The average molecular weight is 541 g/mol. The number of furan rings is 1. The quantitative estimate of drug-likeness (QED) is 0.217. The molecule has 7 aromatic rings. The second-order valence-corrected chi connectivity index (χ2v) is 10.7. The van der Waals surface area contributed by atoms with Gasteiger partial charge < -0.3 is 9.32 Å². The second kappa shape index (κ2) is 10.2. The summed E-state index contributed by atoms with van der Waals surface area (Å²) in [7, 11) is 0. The summed E-state index contributed by atoms with van der Waals surface area (Å²) in [4.78, 5) is 7.38. The van der Waals surface area contributed by atoms with Crippen molar-refractivity contribution >= 4 is 44.2 Å². The van der Waals surface area contributed by atoms with Crippen LogP contribution in [-0.4, -0.2) is 11.0 Å². The van der Waals surface area contributed by atoms with Gasteiger partial charge in [0, 0.05) is 34.3 Å². The van der Waals surface area contributed by atoms with Crippen LogP contribution in [0.25, 0.3) is 55.1 Å². The van der Waals surface area contributed by atoms with Crippen molar-refractivity contribution in [3.63, 3.8) is 0 Å². The highest BCUT2D eigenvalue weighted by Crippen LogP contribution is 2.45. The normalized spacial score (nSPS) is 14.6. The molecule has 5 aromatic carbocycles. The van der Waals surface area contributed by atoms with Crippen LogP contribution in [0.2, 0.25) is 0 Å². The van der Waals surface area contributed by atoms with Gasteiger partial charge in [-0.3, -0.25) is 4.98 Å². The molecule has 3 heteroatoms. The van der Waals surface area contributed by atoms with E-state index in [-0.39, 0.29) is 6.04 Å². The van der Waals surface area contributed by atoms with E-state index in [2.05, 4.69) is 132 Å². The molecule has 0 saturated carbocycles. The van der Waals surface area contributed by atoms with Gasteiger partial charge in [0.15, 0.2) is 0 Å². The summed E-state index contributed by atoms with van der Waals surface area (Å²) < 4.78 is 6.45. The molecule has 2 heterocycles. The SMILES string of the molecule is C1=CCC(N(c2ccccc2-c2ccc(-c3ccccc3)cc2)c2cc3oc4ccccc4c3c3ncccc23)C=C1. The first-order valence-electron chi connectivity index (χ1n) is 14.4. The molecule has 2 aromatic heterocycles. The molecule has 0 spiro atoms. The Hall–Kier alpha value is -5.41. The summed E-state index contributed by atoms with van der Waals surface area (Å²) in [5.74, 6) is 0. The van der Waals surface area contributed by atoms with E-state index in [0.29, 0.717) is 0 Å². The minimum absolute atomic E-state index is 0.130. The Morgan fingerprint density at radius 1 is 0.619 bits per heavy atom. The number of para-hydroxylation sites is 2. The molecule has 8 rings (SSSR count). The van der Waals surface area contributed by atoms with Crippen LogP contribution in [-0.2, 0) is 0 Å². The van der Waals surface area contributed by atoms with Gasteiger partial charge in [-0.1, -0.05) is 115 Å². The third kappa shape index (κ3) is 4.10. The predicted molar refractivity (Wildman–Crippen MR) is 175 cm³/mol. The molecule has 0 amide bonds. The van der Waals surface area contributed by atoms with E-state index in [0.717, 1.165) is 50.6 Å². The molecule has 1 unspecified atom stereocenters. The Bertz CT molecular complexity index is 2120. The van der Waals surface area contributed by atoms with E-state index in [1.54, 1.807) is 0 Å². The van der Waals surface area contributed by atoms with Crippen LogP contribution in [0.15, 0.2) is 156 Å². The van der Waals surface area contributed by atoms with Gasteiger partial charge in [0.2, 0.25) is 0 Å². The first-order valence-corrected chi connectivity index (χ1v) is 14.4. The maximum absolute atomic E-state index is 6.45. The standard InChI is InChI=1S/C39H28N2O/c1-3-12-27(13-4-1)28-21-23-29(24-22-28)31-16-7-9-19-34(31)41(30-14-5-2-6-15-30)35-26-37-38(39-32(35)18-11-25-40-39)33-17-8-10-20-36(33)42-37/h1-14,16-26,30H,15H2. The van der Waals surface area contributed by atoms with Crippen molar-refractivity contribution < 1.29 is 4.42 Å². The van der Waals surface area contributed by atoms with Gasteiger partial charge in [0.05, 0.1) is 22.6 Å². The maximum Gasteiger partial charge on any atom is 0.139 e. The molecule has 0 radical (unpaired) electrons. The average Bonchev–Trinajstić information content (AvgIpc) is 3.45. The molecule has 1 aliphatic rings. The Labute approximate surface area is 244 Å². The summed E-state index contributed by atoms with van der Waals surface area (Å²) in [6, 6.07) is 42.9. The van der Waals surface area contributed by atoms with Crippen LogP contribution >= 0.6 is 0 Å². The van der Waals surface area contributed by atoms with Gasteiger partial charge in [0.25, 0.3) is 0 Å². The van der Waals surface area contributed by atoms with Crippen LogP contribution in [0.3, 0.4) is 0 Å². The largest absolute Gasteiger partial charge is 0.456 e. The minimum Gasteiger partial charge on any atom is -0.456 e. The number of pyridine rings is 1. The fourth-order valence-corrected chi connectivity index (χ4v) is 6.27. The lowest BCUT2D eigenvalue weighted by Crippen LogP contribution is -2.30. The molecular formula is C39H28N2O. The van der Waals surface area contributed by atoms with Crippen molar-refractivity contribution in [2.24, 2.45) is 0 Å². The summed E-state index contributed by atoms with van der Waals surface area (Å²) in [5, 5.41) is 3.26. The number of fused-ring (bicyclic) bond motifs is 5. The lowest BCUT2D eigenvalue weighted by Gasteiger charge is -2.35. The lowest BCUT2D eigenvalue weighted by atomic mass is 9.96. The van der Waals surface area contributed by atoms with Crippen LogP contribution < -0.4 is 4.90 Å². The van der Waals surface area contributed by atoms with Crippen molar-refractivity contribution in [1.29, 1.82) is 0 Å². The third-order valence-corrected chi connectivity index (χ3v) is 8.23. The topological polar surface area (TPSA) is 29.3 Å². The highest BCUT2D eigenvalue weighted by Gasteiger charge is 2.26. The summed E-state index contributed by atoms with van der Waals surface area (Å²) in [5.41, 5.74) is 9.71. The Morgan fingerprint density at radius 2 is 1.36 bits per heavy atom. The molecule has 1 aliphatic carbocycles. The Balaban J connectivity index is 1.35. The molecule has 3 nitrogen and oxygen atoms in total. The molecule has 0 saturated heterocycles. The smallest absolute Gasteiger partial charge is 0.139 e. The third-order valence-electron chi connectivity index (χ3n) is 8.23. The van der Waals surface area contributed by atoms with E-state index in [4.69, 9.17) is 9.40 Å². The lowest BCUT2D eigenvalue weighted by molar-refractivity contribution is 0.668. The Kier molecular flexibility index (Phi) is 5.93. The number of benzene rings is 5. The molecule has 200 valence electrons. The number of hydrogen-bond acceptors (Lipinski definition) is 3. The molecule has 1 atom stereocenters. The number of nitrogens with zero attached hydrogens (tertiary/aromatic N) is 2. The van der Waals surface area contributed by atoms with E-state index >= 15 is 0 Å². The Morgan fingerprint density at radius 3 is 2.21 bits per heavy atom. The van der Waals surface area contributed by atoms with Crippen molar-refractivity contribution in [3.05, 3.63) is 152 Å². The predicted octanol–water partition coefficient (Wildman–Crippen LogP) is 10.5. The van der Waals surface area contributed by atoms with Crippen molar-refractivity contribution in [2.45, 2.75) is 12.5 Å². The van der Waals surface area contributed by atoms with Gasteiger partial charge in [-0.25, -0.2) is 0 Å². The highest BCUT2D eigenvalue weighted by molar-refractivity contribution is 6.20. The van der Waals surface area contributed by atoms with E-state index in [9.17, 15) is 0 Å². The number of anilines is 2. The fourth-order valence-electron chi connectivity index (χ4n) is 6.27. The molecule has 0 aliphatic heterocycles. The van der Waals surface area contributed by atoms with Crippen LogP contribution in [0.5, 0.6) is 0 Å². The highest BCUT2D eigenvalue weighted by atomic mass is 16.3. The summed E-state index contributed by atoms with van der Waals surface area (Å²) in [6.45, 7) is 0.